The van der Waals surface area contributed by atoms with Crippen LogP contribution < -0.4 is 0 Å². The van der Waals surface area contributed by atoms with E-state index in [0.29, 0.717) is 6.42 Å². The van der Waals surface area contributed by atoms with Crippen LogP contribution in [0.15, 0.2) is 128 Å². The molecular formula is C37H28O5. The lowest BCUT2D eigenvalue weighted by molar-refractivity contribution is -0.160. The molecule has 0 aliphatic rings. The molecule has 0 atom stereocenters. The Morgan fingerprint density at radius 3 is 1.52 bits per heavy atom. The molecular weight excluding hydrogens is 524 g/mol. The zero-order valence-corrected chi connectivity index (χ0v) is 22.9. The van der Waals surface area contributed by atoms with Gasteiger partial charge in [0.2, 0.25) is 6.79 Å². The fraction of sp³-hybridized carbons (Fsp3) is 0.0541. The van der Waals surface area contributed by atoms with Gasteiger partial charge in [-0.1, -0.05) is 97.8 Å². The Morgan fingerprint density at radius 1 is 0.595 bits per heavy atom. The zero-order valence-electron chi connectivity index (χ0n) is 22.9. The van der Waals surface area contributed by atoms with Gasteiger partial charge in [-0.05, 0) is 69.8 Å². The molecule has 4 aromatic rings. The predicted octanol–water partition coefficient (Wildman–Crippen LogP) is 6.96. The zero-order chi connectivity index (χ0) is 29.7. The monoisotopic (exact) mass is 552 g/mol. The first-order chi connectivity index (χ1) is 20.4. The molecule has 5 nitrogen and oxygen atoms in total. The maximum absolute atomic E-state index is 11.7. The van der Waals surface area contributed by atoms with Crippen LogP contribution in [0.4, 0.5) is 0 Å². The van der Waals surface area contributed by atoms with E-state index in [2.05, 4.69) is 29.7 Å². The van der Waals surface area contributed by atoms with E-state index >= 15 is 0 Å². The lowest BCUT2D eigenvalue weighted by Crippen LogP contribution is -2.09. The van der Waals surface area contributed by atoms with Gasteiger partial charge in [0.15, 0.2) is 5.78 Å². The van der Waals surface area contributed by atoms with E-state index in [1.165, 1.54) is 12.2 Å². The van der Waals surface area contributed by atoms with Crippen molar-refractivity contribution in [3.8, 4) is 34.1 Å². The highest BCUT2D eigenvalue weighted by molar-refractivity contribution is 5.91. The van der Waals surface area contributed by atoms with Crippen molar-refractivity contribution in [1.82, 2.24) is 0 Å². The van der Waals surface area contributed by atoms with Gasteiger partial charge in [-0.2, -0.15) is 0 Å². The number of rotatable bonds is 10. The van der Waals surface area contributed by atoms with Crippen molar-refractivity contribution in [3.63, 3.8) is 0 Å². The summed E-state index contributed by atoms with van der Waals surface area (Å²) in [5, 5.41) is 0. The Balaban J connectivity index is 1.32. The van der Waals surface area contributed by atoms with Crippen molar-refractivity contribution in [3.05, 3.63) is 151 Å². The van der Waals surface area contributed by atoms with Gasteiger partial charge in [0.25, 0.3) is 0 Å². The number of esters is 2. The number of ketones is 1. The second-order valence-electron chi connectivity index (χ2n) is 9.15. The molecule has 0 spiro atoms. The van der Waals surface area contributed by atoms with Gasteiger partial charge >= 0.3 is 11.9 Å². The van der Waals surface area contributed by atoms with Crippen LogP contribution in [0.2, 0.25) is 0 Å². The quantitative estimate of drug-likeness (QED) is 0.0921. The number of ether oxygens (including phenoxy) is 2. The first-order valence-electron chi connectivity index (χ1n) is 13.1. The standard InChI is InChI=1S/C37H28O5/c1-3-35(38)25-30-13-22-34(23-14-30)33-18-9-28(10-19-33)6-5-27-7-16-31(17-8-27)32-20-11-29(12-21-32)15-24-37(40)42-26-41-36(39)4-2/h3-4,7-24H,1-2,25-26H2/b24-15+. The maximum Gasteiger partial charge on any atom is 0.333 e. The van der Waals surface area contributed by atoms with Crippen LogP contribution in [0.3, 0.4) is 0 Å². The molecule has 0 N–H and O–H groups in total. The lowest BCUT2D eigenvalue weighted by atomic mass is 10.0. The molecule has 0 fully saturated rings. The van der Waals surface area contributed by atoms with Crippen LogP contribution in [-0.2, 0) is 30.3 Å². The highest BCUT2D eigenvalue weighted by atomic mass is 16.7. The first-order valence-corrected chi connectivity index (χ1v) is 13.1. The summed E-state index contributed by atoms with van der Waals surface area (Å²) >= 11 is 0. The summed E-state index contributed by atoms with van der Waals surface area (Å²) in [6, 6.07) is 31.8. The van der Waals surface area contributed by atoms with E-state index in [4.69, 9.17) is 4.74 Å². The van der Waals surface area contributed by atoms with E-state index in [1.54, 1.807) is 6.08 Å². The number of hydrogen-bond donors (Lipinski definition) is 0. The average Bonchev–Trinajstić information content (AvgIpc) is 3.04. The van der Waals surface area contributed by atoms with Gasteiger partial charge in [-0.15, -0.1) is 0 Å². The summed E-state index contributed by atoms with van der Waals surface area (Å²) in [6.45, 7) is 6.32. The van der Waals surface area contributed by atoms with Gasteiger partial charge < -0.3 is 9.47 Å². The molecule has 0 amide bonds. The maximum atomic E-state index is 11.7. The van der Waals surface area contributed by atoms with Crippen molar-refractivity contribution in [2.45, 2.75) is 6.42 Å². The van der Waals surface area contributed by atoms with Crippen molar-refractivity contribution in [1.29, 1.82) is 0 Å². The fourth-order valence-corrected chi connectivity index (χ4v) is 3.93. The molecule has 0 saturated carbocycles. The number of carbonyl (C=O) groups excluding carboxylic acids is 3. The highest BCUT2D eigenvalue weighted by Crippen LogP contribution is 2.22. The molecule has 0 saturated heterocycles. The minimum Gasteiger partial charge on any atom is -0.425 e. The van der Waals surface area contributed by atoms with E-state index in [-0.39, 0.29) is 5.78 Å². The first kappa shape index (κ1) is 29.3. The Bertz CT molecular complexity index is 1660. The molecule has 0 bridgehead atoms. The molecule has 0 aromatic heterocycles. The van der Waals surface area contributed by atoms with E-state index < -0.39 is 18.7 Å². The molecule has 0 aliphatic carbocycles. The highest BCUT2D eigenvalue weighted by Gasteiger charge is 2.03. The minimum atomic E-state index is -0.660. The van der Waals surface area contributed by atoms with Gasteiger partial charge in [-0.3, -0.25) is 4.79 Å². The summed E-state index contributed by atoms with van der Waals surface area (Å²) in [7, 11) is 0. The molecule has 0 heterocycles. The normalized spacial score (nSPS) is 10.3. The number of carbonyl (C=O) groups is 3. The largest absolute Gasteiger partial charge is 0.425 e. The summed E-state index contributed by atoms with van der Waals surface area (Å²) in [4.78, 5) is 34.2. The smallest absolute Gasteiger partial charge is 0.333 e. The molecule has 4 aromatic carbocycles. The van der Waals surface area contributed by atoms with Gasteiger partial charge in [0.1, 0.15) is 0 Å². The van der Waals surface area contributed by atoms with Crippen LogP contribution in [0, 0.1) is 11.8 Å². The van der Waals surface area contributed by atoms with E-state index in [9.17, 15) is 14.4 Å². The van der Waals surface area contributed by atoms with Gasteiger partial charge in [-0.25, -0.2) is 9.59 Å². The average molecular weight is 553 g/mol. The Kier molecular flexibility index (Phi) is 10.2. The fourth-order valence-electron chi connectivity index (χ4n) is 3.93. The molecule has 4 rings (SSSR count). The third kappa shape index (κ3) is 8.64. The Labute approximate surface area is 245 Å². The van der Waals surface area contributed by atoms with E-state index in [1.807, 2.05) is 97.1 Å². The van der Waals surface area contributed by atoms with E-state index in [0.717, 1.165) is 50.6 Å². The SMILES string of the molecule is C=CC(=O)Cc1ccc(-c2ccc(C#Cc3ccc(-c4ccc(/C=C/C(=O)OCOC(=O)C=C)cc4)cc3)cc2)cc1. The number of allylic oxidation sites excluding steroid dienone is 1. The third-order valence-electron chi connectivity index (χ3n) is 6.24. The van der Waals surface area contributed by atoms with Gasteiger partial charge in [0.05, 0.1) is 0 Å². The molecule has 0 radical (unpaired) electrons. The Hall–Kier alpha value is -5.73. The van der Waals surface area contributed by atoms with Crippen molar-refractivity contribution >= 4 is 23.8 Å². The van der Waals surface area contributed by atoms with Crippen LogP contribution >= 0.6 is 0 Å². The summed E-state index contributed by atoms with van der Waals surface area (Å²) in [6.07, 6.45) is 5.60. The molecule has 0 aliphatic heterocycles. The van der Waals surface area contributed by atoms with Crippen LogP contribution in [-0.4, -0.2) is 24.5 Å². The number of hydrogen-bond acceptors (Lipinski definition) is 5. The Morgan fingerprint density at radius 2 is 1.05 bits per heavy atom. The molecule has 0 unspecified atom stereocenters. The van der Waals surface area contributed by atoms with Gasteiger partial charge in [0, 0.05) is 29.7 Å². The number of benzene rings is 4. The predicted molar refractivity (Wildman–Crippen MR) is 165 cm³/mol. The molecule has 5 heteroatoms. The van der Waals surface area contributed by atoms with Crippen molar-refractivity contribution in [2.75, 3.05) is 6.79 Å². The summed E-state index contributed by atoms with van der Waals surface area (Å²) in [5.74, 6) is 5.16. The molecule has 42 heavy (non-hydrogen) atoms. The topological polar surface area (TPSA) is 69.7 Å². The third-order valence-corrected chi connectivity index (χ3v) is 6.24. The second kappa shape index (κ2) is 14.6. The summed E-state index contributed by atoms with van der Waals surface area (Å²) < 4.78 is 9.40. The van der Waals surface area contributed by atoms with Crippen LogP contribution in [0.5, 0.6) is 0 Å². The summed E-state index contributed by atoms with van der Waals surface area (Å²) in [5.41, 5.74) is 7.85. The lowest BCUT2D eigenvalue weighted by Gasteiger charge is -2.04. The van der Waals surface area contributed by atoms with Crippen LogP contribution in [0.25, 0.3) is 28.3 Å². The minimum absolute atomic E-state index is 0.00845. The van der Waals surface area contributed by atoms with Crippen LogP contribution in [0.1, 0.15) is 22.3 Å². The second-order valence-corrected chi connectivity index (χ2v) is 9.15. The van der Waals surface area contributed by atoms with Crippen molar-refractivity contribution < 1.29 is 23.9 Å². The molecule has 206 valence electrons. The van der Waals surface area contributed by atoms with Crippen molar-refractivity contribution in [2.24, 2.45) is 0 Å².